The van der Waals surface area contributed by atoms with Crippen molar-refractivity contribution in [2.45, 2.75) is 16.6 Å². The highest BCUT2D eigenvalue weighted by atomic mass is 35.6. The number of halogens is 6. The van der Waals surface area contributed by atoms with Crippen LogP contribution in [0.15, 0.2) is 48.5 Å². The van der Waals surface area contributed by atoms with E-state index in [1.807, 2.05) is 5.43 Å². The summed E-state index contributed by atoms with van der Waals surface area (Å²) in [5.41, 5.74) is 1.22. The number of hydrogen-bond acceptors (Lipinski definition) is 4. The number of hydrogen-bond donors (Lipinski definition) is 2. The number of carboxylic acid groups (broad SMARTS) is 1. The molecule has 2 N–H and O–H groups in total. The summed E-state index contributed by atoms with van der Waals surface area (Å²) in [6.45, 7) is -0.641. The van der Waals surface area contributed by atoms with Crippen LogP contribution in [0.2, 0.25) is 0 Å². The number of hydrazine groups is 1. The molecule has 0 saturated heterocycles. The molecule has 6 nitrogen and oxygen atoms in total. The summed E-state index contributed by atoms with van der Waals surface area (Å²) >= 11 is 17.0. The molecule has 2 rings (SSSR count). The Balaban J connectivity index is 2.44. The first-order valence-electron chi connectivity index (χ1n) is 8.13. The van der Waals surface area contributed by atoms with Crippen LogP contribution in [0.3, 0.4) is 0 Å². The molecule has 162 valence electrons. The van der Waals surface area contributed by atoms with Gasteiger partial charge in [0.1, 0.15) is 12.4 Å². The number of amides is 1. The molecule has 0 aliphatic carbocycles. The summed E-state index contributed by atoms with van der Waals surface area (Å²) in [5, 5.41) is 9.60. The minimum absolute atomic E-state index is 0.0328. The van der Waals surface area contributed by atoms with Crippen LogP contribution in [-0.4, -0.2) is 33.5 Å². The van der Waals surface area contributed by atoms with Crippen molar-refractivity contribution in [2.24, 2.45) is 0 Å². The molecule has 0 spiro atoms. The van der Waals surface area contributed by atoms with Gasteiger partial charge in [-0.3, -0.25) is 9.80 Å². The van der Waals surface area contributed by atoms with Crippen molar-refractivity contribution in [2.75, 3.05) is 11.6 Å². The van der Waals surface area contributed by atoms with Crippen molar-refractivity contribution >= 4 is 52.4 Å². The second kappa shape index (κ2) is 9.63. The van der Waals surface area contributed by atoms with Crippen LogP contribution in [0.1, 0.15) is 15.9 Å². The molecule has 0 heterocycles. The highest BCUT2D eigenvalue weighted by molar-refractivity contribution is 6.67. The number of rotatable bonds is 7. The predicted molar refractivity (Wildman–Crippen MR) is 106 cm³/mol. The molecule has 0 aliphatic heterocycles. The summed E-state index contributed by atoms with van der Waals surface area (Å²) in [6, 6.07) is 12.0. The van der Waals surface area contributed by atoms with Crippen molar-refractivity contribution in [3.05, 3.63) is 59.7 Å². The standard InChI is InChI=1S/C18H14Cl3F3N2O4/c19-17(20,21)10-26(25-16(28)29)14-7-6-12(8-13(14)15(27)18(22,23)24)30-9-11-4-2-1-3-5-11/h1-8,25H,9-10H2,(H,28,29). The second-order valence-electron chi connectivity index (χ2n) is 5.90. The lowest BCUT2D eigenvalue weighted by Gasteiger charge is -2.29. The Morgan fingerprint density at radius 1 is 1.07 bits per heavy atom. The van der Waals surface area contributed by atoms with Gasteiger partial charge in [-0.05, 0) is 23.8 Å². The van der Waals surface area contributed by atoms with Crippen LogP contribution in [-0.2, 0) is 6.61 Å². The van der Waals surface area contributed by atoms with E-state index in [2.05, 4.69) is 0 Å². The number of ketones is 1. The molecule has 0 fully saturated rings. The van der Waals surface area contributed by atoms with E-state index in [1.54, 1.807) is 30.3 Å². The van der Waals surface area contributed by atoms with Crippen LogP contribution < -0.4 is 15.2 Å². The van der Waals surface area contributed by atoms with E-state index in [1.165, 1.54) is 6.07 Å². The first-order valence-corrected chi connectivity index (χ1v) is 9.26. The van der Waals surface area contributed by atoms with E-state index in [-0.39, 0.29) is 12.4 Å². The zero-order chi connectivity index (χ0) is 22.5. The third-order valence-corrected chi connectivity index (χ3v) is 3.94. The fraction of sp³-hybridized carbons (Fsp3) is 0.222. The predicted octanol–water partition coefficient (Wildman–Crippen LogP) is 5.37. The molecule has 0 bridgehead atoms. The Kier molecular flexibility index (Phi) is 7.68. The first-order chi connectivity index (χ1) is 13.9. The lowest BCUT2D eigenvalue weighted by molar-refractivity contribution is -0.0884. The molecule has 1 amide bonds. The molecular formula is C18H14Cl3F3N2O4. The van der Waals surface area contributed by atoms with Gasteiger partial charge < -0.3 is 9.84 Å². The van der Waals surface area contributed by atoms with Gasteiger partial charge in [0.05, 0.1) is 17.8 Å². The fourth-order valence-corrected chi connectivity index (χ4v) is 2.75. The Morgan fingerprint density at radius 2 is 1.70 bits per heavy atom. The number of benzene rings is 2. The van der Waals surface area contributed by atoms with E-state index in [4.69, 9.17) is 44.6 Å². The second-order valence-corrected chi connectivity index (χ2v) is 8.41. The average Bonchev–Trinajstić information content (AvgIpc) is 2.63. The third kappa shape index (κ3) is 7.16. The van der Waals surface area contributed by atoms with Crippen LogP contribution in [0.25, 0.3) is 0 Å². The minimum Gasteiger partial charge on any atom is -0.489 e. The zero-order valence-corrected chi connectivity index (χ0v) is 17.2. The fourth-order valence-electron chi connectivity index (χ4n) is 2.40. The van der Waals surface area contributed by atoms with Gasteiger partial charge >= 0.3 is 12.3 Å². The zero-order valence-electron chi connectivity index (χ0n) is 14.9. The van der Waals surface area contributed by atoms with Gasteiger partial charge in [0.25, 0.3) is 5.78 Å². The van der Waals surface area contributed by atoms with Gasteiger partial charge in [-0.15, -0.1) is 0 Å². The van der Waals surface area contributed by atoms with Crippen molar-refractivity contribution in [1.82, 2.24) is 5.43 Å². The highest BCUT2D eigenvalue weighted by Crippen LogP contribution is 2.34. The van der Waals surface area contributed by atoms with Crippen LogP contribution in [0, 0.1) is 0 Å². The van der Waals surface area contributed by atoms with Gasteiger partial charge in [0.2, 0.25) is 3.79 Å². The number of Topliss-reactive ketones (excluding diaryl/α,β-unsaturated/α-hetero) is 1. The Labute approximate surface area is 184 Å². The maximum atomic E-state index is 13.1. The molecular weight excluding hydrogens is 472 g/mol. The third-order valence-electron chi connectivity index (χ3n) is 3.58. The number of carbonyl (C=O) groups excluding carboxylic acids is 1. The van der Waals surface area contributed by atoms with Gasteiger partial charge in [0.15, 0.2) is 0 Å². The highest BCUT2D eigenvalue weighted by Gasteiger charge is 2.42. The number of anilines is 1. The normalized spacial score (nSPS) is 11.7. The van der Waals surface area contributed by atoms with E-state index in [0.29, 0.717) is 5.01 Å². The SMILES string of the molecule is O=C(O)NN(CC(Cl)(Cl)Cl)c1ccc(OCc2ccccc2)cc1C(=O)C(F)(F)F. The Hall–Kier alpha value is -2.36. The van der Waals surface area contributed by atoms with Gasteiger partial charge in [-0.25, -0.2) is 10.2 Å². The molecule has 0 aliphatic rings. The average molecular weight is 486 g/mol. The van der Waals surface area contributed by atoms with Crippen molar-refractivity contribution < 1.29 is 32.6 Å². The lowest BCUT2D eigenvalue weighted by Crippen LogP contribution is -2.47. The van der Waals surface area contributed by atoms with E-state index in [9.17, 15) is 22.8 Å². The van der Waals surface area contributed by atoms with Crippen LogP contribution in [0.5, 0.6) is 5.75 Å². The molecule has 30 heavy (non-hydrogen) atoms. The number of nitrogens with zero attached hydrogens (tertiary/aromatic N) is 1. The van der Waals surface area contributed by atoms with Gasteiger partial charge in [-0.1, -0.05) is 65.1 Å². The number of nitrogens with one attached hydrogen (secondary N) is 1. The van der Waals surface area contributed by atoms with Crippen molar-refractivity contribution in [1.29, 1.82) is 0 Å². The number of alkyl halides is 6. The number of carbonyl (C=O) groups is 2. The van der Waals surface area contributed by atoms with Gasteiger partial charge in [-0.2, -0.15) is 13.2 Å². The lowest BCUT2D eigenvalue weighted by atomic mass is 10.1. The monoisotopic (exact) mass is 484 g/mol. The van der Waals surface area contributed by atoms with Crippen molar-refractivity contribution in [3.8, 4) is 5.75 Å². The van der Waals surface area contributed by atoms with Crippen molar-refractivity contribution in [3.63, 3.8) is 0 Å². The molecule has 12 heteroatoms. The molecule has 0 saturated carbocycles. The Morgan fingerprint density at radius 3 is 2.23 bits per heavy atom. The number of ether oxygens (including phenoxy) is 1. The molecule has 2 aromatic carbocycles. The van der Waals surface area contributed by atoms with E-state index >= 15 is 0 Å². The summed E-state index contributed by atoms with van der Waals surface area (Å²) in [7, 11) is 0. The summed E-state index contributed by atoms with van der Waals surface area (Å²) in [4.78, 5) is 23.0. The molecule has 0 atom stereocenters. The molecule has 0 aromatic heterocycles. The topological polar surface area (TPSA) is 78.9 Å². The molecule has 2 aromatic rings. The molecule has 0 radical (unpaired) electrons. The Bertz CT molecular complexity index is 906. The van der Waals surface area contributed by atoms with Gasteiger partial charge in [0, 0.05) is 0 Å². The first kappa shape index (κ1) is 23.9. The molecule has 0 unspecified atom stereocenters. The summed E-state index contributed by atoms with van der Waals surface area (Å²) < 4.78 is 42.8. The smallest absolute Gasteiger partial charge is 0.454 e. The largest absolute Gasteiger partial charge is 0.489 e. The maximum absolute atomic E-state index is 13.1. The quantitative estimate of drug-likeness (QED) is 0.313. The summed E-state index contributed by atoms with van der Waals surface area (Å²) in [5.74, 6) is -2.26. The van der Waals surface area contributed by atoms with E-state index < -0.39 is 39.6 Å². The van der Waals surface area contributed by atoms with E-state index in [0.717, 1.165) is 17.7 Å². The maximum Gasteiger partial charge on any atom is 0.454 e. The minimum atomic E-state index is -5.23. The van der Waals surface area contributed by atoms with Crippen LogP contribution >= 0.6 is 34.8 Å². The summed E-state index contributed by atoms with van der Waals surface area (Å²) in [6.07, 6.45) is -6.87. The van der Waals surface area contributed by atoms with Crippen LogP contribution in [0.4, 0.5) is 23.7 Å².